The van der Waals surface area contributed by atoms with Gasteiger partial charge in [-0.25, -0.2) is 14.3 Å². The number of ether oxygens (including phenoxy) is 2. The average Bonchev–Trinajstić information content (AvgIpc) is 3.01. The number of para-hydroxylation sites is 1. The number of rotatable bonds is 4. The summed E-state index contributed by atoms with van der Waals surface area (Å²) in [5.41, 5.74) is 0.542. The lowest BCUT2D eigenvalue weighted by molar-refractivity contribution is 0.0535. The molecule has 0 saturated heterocycles. The molecule has 0 N–H and O–H groups in total. The summed E-state index contributed by atoms with van der Waals surface area (Å²) in [6, 6.07) is 8.35. The van der Waals surface area contributed by atoms with Crippen LogP contribution in [0.25, 0.3) is 11.0 Å². The van der Waals surface area contributed by atoms with E-state index in [1.165, 1.54) is 17.0 Å². The highest BCUT2D eigenvalue weighted by atomic mass is 16.6. The van der Waals surface area contributed by atoms with Crippen LogP contribution in [0.15, 0.2) is 42.7 Å². The van der Waals surface area contributed by atoms with Crippen molar-refractivity contribution in [2.75, 3.05) is 6.61 Å². The smallest absolute Gasteiger partial charge is 0.420 e. The summed E-state index contributed by atoms with van der Waals surface area (Å²) < 4.78 is 12.3. The fourth-order valence-electron chi connectivity index (χ4n) is 2.62. The number of hydrogen-bond acceptors (Lipinski definition) is 6. The molecule has 0 unspecified atom stereocenters. The second-order valence-electron chi connectivity index (χ2n) is 6.87. The predicted molar refractivity (Wildman–Crippen MR) is 100 cm³/mol. The molecule has 0 amide bonds. The number of carbonyl (C=O) groups is 2. The Morgan fingerprint density at radius 3 is 2.44 bits per heavy atom. The maximum absolute atomic E-state index is 13.0. The zero-order valence-electron chi connectivity index (χ0n) is 15.7. The summed E-state index contributed by atoms with van der Waals surface area (Å²) in [6.07, 6.45) is 2.36. The van der Waals surface area contributed by atoms with Crippen molar-refractivity contribution in [3.8, 4) is 5.75 Å². The number of imidazole rings is 1. The molecule has 0 fully saturated rings. The SMILES string of the molecule is CCOc1cccc2c1nc(C(=O)c1ccncc1)n2C(=O)OC(C)(C)C. The molecule has 0 aliphatic carbocycles. The van der Waals surface area contributed by atoms with Gasteiger partial charge < -0.3 is 9.47 Å². The van der Waals surface area contributed by atoms with E-state index in [9.17, 15) is 9.59 Å². The minimum atomic E-state index is -0.720. The van der Waals surface area contributed by atoms with Crippen molar-refractivity contribution in [3.05, 3.63) is 54.1 Å². The van der Waals surface area contributed by atoms with Gasteiger partial charge in [-0.1, -0.05) is 6.07 Å². The first kappa shape index (κ1) is 18.6. The molecule has 1 aromatic carbocycles. The van der Waals surface area contributed by atoms with Crippen molar-refractivity contribution < 1.29 is 19.1 Å². The molecule has 3 rings (SSSR count). The Balaban J connectivity index is 2.21. The Bertz CT molecular complexity index is 988. The lowest BCUT2D eigenvalue weighted by Gasteiger charge is -2.20. The number of fused-ring (bicyclic) bond motifs is 1. The molecule has 2 aromatic heterocycles. The summed E-state index contributed by atoms with van der Waals surface area (Å²) in [6.45, 7) is 7.58. The summed E-state index contributed by atoms with van der Waals surface area (Å²) in [7, 11) is 0. The first-order valence-electron chi connectivity index (χ1n) is 8.64. The minimum absolute atomic E-state index is 0.0300. The highest BCUT2D eigenvalue weighted by Crippen LogP contribution is 2.28. The van der Waals surface area contributed by atoms with Crippen LogP contribution in [0.3, 0.4) is 0 Å². The van der Waals surface area contributed by atoms with Crippen molar-refractivity contribution in [1.29, 1.82) is 0 Å². The molecule has 0 spiro atoms. The Morgan fingerprint density at radius 1 is 1.11 bits per heavy atom. The molecule has 0 aliphatic rings. The van der Waals surface area contributed by atoms with E-state index in [2.05, 4.69) is 9.97 Å². The number of benzene rings is 1. The van der Waals surface area contributed by atoms with E-state index in [0.29, 0.717) is 29.0 Å². The van der Waals surface area contributed by atoms with E-state index >= 15 is 0 Å². The van der Waals surface area contributed by atoms with Gasteiger partial charge in [0.2, 0.25) is 5.78 Å². The van der Waals surface area contributed by atoms with Gasteiger partial charge in [-0.05, 0) is 52.0 Å². The van der Waals surface area contributed by atoms with E-state index < -0.39 is 17.5 Å². The van der Waals surface area contributed by atoms with Crippen LogP contribution in [0.5, 0.6) is 5.75 Å². The number of nitrogens with zero attached hydrogens (tertiary/aromatic N) is 3. The monoisotopic (exact) mass is 367 g/mol. The van der Waals surface area contributed by atoms with Crippen molar-refractivity contribution in [2.24, 2.45) is 0 Å². The first-order chi connectivity index (χ1) is 12.8. The number of aromatic nitrogens is 3. The van der Waals surface area contributed by atoms with Crippen LogP contribution in [0, 0.1) is 0 Å². The lowest BCUT2D eigenvalue weighted by Crippen LogP contribution is -2.29. The molecule has 7 nitrogen and oxygen atoms in total. The molecular weight excluding hydrogens is 346 g/mol. The topological polar surface area (TPSA) is 83.3 Å². The summed E-state index contributed by atoms with van der Waals surface area (Å²) in [4.78, 5) is 34.2. The zero-order chi connectivity index (χ0) is 19.6. The van der Waals surface area contributed by atoms with Crippen LogP contribution in [0.1, 0.15) is 43.9 Å². The van der Waals surface area contributed by atoms with Gasteiger partial charge in [0.05, 0.1) is 12.1 Å². The lowest BCUT2D eigenvalue weighted by atomic mass is 10.1. The number of ketones is 1. The predicted octanol–water partition coefficient (Wildman–Crippen LogP) is 3.84. The molecule has 0 radical (unpaired) electrons. The Kier molecular flexibility index (Phi) is 4.94. The van der Waals surface area contributed by atoms with Crippen molar-refractivity contribution in [3.63, 3.8) is 0 Å². The van der Waals surface area contributed by atoms with Crippen LogP contribution < -0.4 is 4.74 Å². The summed E-state index contributed by atoms with van der Waals surface area (Å²) in [5, 5.41) is 0. The average molecular weight is 367 g/mol. The molecule has 2 heterocycles. The molecule has 0 atom stereocenters. The van der Waals surface area contributed by atoms with Gasteiger partial charge >= 0.3 is 6.09 Å². The normalized spacial score (nSPS) is 11.4. The number of hydrogen-bond donors (Lipinski definition) is 0. The molecule has 0 bridgehead atoms. The third kappa shape index (κ3) is 3.81. The first-order valence-corrected chi connectivity index (χ1v) is 8.64. The Hall–Kier alpha value is -3.22. The molecule has 3 aromatic rings. The molecule has 7 heteroatoms. The van der Waals surface area contributed by atoms with Crippen LogP contribution in [0.4, 0.5) is 4.79 Å². The fourth-order valence-corrected chi connectivity index (χ4v) is 2.62. The van der Waals surface area contributed by atoms with E-state index in [1.54, 1.807) is 51.1 Å². The van der Waals surface area contributed by atoms with Gasteiger partial charge in [0.25, 0.3) is 0 Å². The van der Waals surface area contributed by atoms with Crippen LogP contribution in [-0.4, -0.2) is 38.6 Å². The van der Waals surface area contributed by atoms with Gasteiger partial charge in [-0.3, -0.25) is 9.78 Å². The van der Waals surface area contributed by atoms with E-state index in [0.717, 1.165) is 0 Å². The molecule has 27 heavy (non-hydrogen) atoms. The minimum Gasteiger partial charge on any atom is -0.492 e. The second-order valence-corrected chi connectivity index (χ2v) is 6.87. The van der Waals surface area contributed by atoms with Gasteiger partial charge in [-0.2, -0.15) is 0 Å². The van der Waals surface area contributed by atoms with Gasteiger partial charge in [0.15, 0.2) is 5.82 Å². The second kappa shape index (κ2) is 7.19. The van der Waals surface area contributed by atoms with Crippen molar-refractivity contribution in [2.45, 2.75) is 33.3 Å². The highest BCUT2D eigenvalue weighted by Gasteiger charge is 2.28. The third-order valence-electron chi connectivity index (χ3n) is 3.67. The van der Waals surface area contributed by atoms with E-state index in [4.69, 9.17) is 9.47 Å². The quantitative estimate of drug-likeness (QED) is 0.652. The van der Waals surface area contributed by atoms with E-state index in [1.807, 2.05) is 6.92 Å². The highest BCUT2D eigenvalue weighted by molar-refractivity contribution is 6.11. The molecular formula is C20H21N3O4. The number of pyridine rings is 1. The van der Waals surface area contributed by atoms with Crippen LogP contribution >= 0.6 is 0 Å². The molecule has 0 aliphatic heterocycles. The van der Waals surface area contributed by atoms with E-state index in [-0.39, 0.29) is 5.82 Å². The molecule has 140 valence electrons. The largest absolute Gasteiger partial charge is 0.492 e. The molecule has 0 saturated carbocycles. The number of carbonyl (C=O) groups excluding carboxylic acids is 2. The Morgan fingerprint density at radius 2 is 1.81 bits per heavy atom. The Labute approximate surface area is 156 Å². The van der Waals surface area contributed by atoms with Crippen LogP contribution in [0.2, 0.25) is 0 Å². The standard InChI is InChI=1S/C20H21N3O4/c1-5-26-15-8-6-7-14-16(15)22-18(17(24)13-9-11-21-12-10-13)23(14)19(25)27-20(2,3)4/h6-12H,5H2,1-4H3. The van der Waals surface area contributed by atoms with Crippen molar-refractivity contribution >= 4 is 22.9 Å². The van der Waals surface area contributed by atoms with Gasteiger partial charge in [0, 0.05) is 18.0 Å². The maximum atomic E-state index is 13.0. The maximum Gasteiger partial charge on any atom is 0.420 e. The van der Waals surface area contributed by atoms with Gasteiger partial charge in [0.1, 0.15) is 16.9 Å². The fraction of sp³-hybridized carbons (Fsp3) is 0.300. The van der Waals surface area contributed by atoms with Crippen molar-refractivity contribution in [1.82, 2.24) is 14.5 Å². The van der Waals surface area contributed by atoms with Gasteiger partial charge in [-0.15, -0.1) is 0 Å². The summed E-state index contributed by atoms with van der Waals surface area (Å²) >= 11 is 0. The van der Waals surface area contributed by atoms with Crippen LogP contribution in [-0.2, 0) is 4.74 Å². The summed E-state index contributed by atoms with van der Waals surface area (Å²) in [5.74, 6) is 0.0700. The third-order valence-corrected chi connectivity index (χ3v) is 3.67. The zero-order valence-corrected chi connectivity index (χ0v) is 15.7.